The second kappa shape index (κ2) is 12.5. The fourth-order valence-corrected chi connectivity index (χ4v) is 7.48. The number of rotatable bonds is 9. The van der Waals surface area contributed by atoms with Crippen LogP contribution in [-0.2, 0) is 23.1 Å². The van der Waals surface area contributed by atoms with Gasteiger partial charge in [0.15, 0.2) is 0 Å². The maximum Gasteiger partial charge on any atom is 0.277 e. The van der Waals surface area contributed by atoms with Gasteiger partial charge in [-0.15, -0.1) is 0 Å². The lowest BCUT2D eigenvalue weighted by Crippen LogP contribution is -2.40. The van der Waals surface area contributed by atoms with E-state index in [0.29, 0.717) is 29.7 Å². The summed E-state index contributed by atoms with van der Waals surface area (Å²) < 4.78 is 32.4. The van der Waals surface area contributed by atoms with Gasteiger partial charge in [-0.25, -0.2) is 18.1 Å². The number of sulfonamides is 1. The van der Waals surface area contributed by atoms with E-state index < -0.39 is 15.6 Å². The molecule has 0 saturated carbocycles. The Balaban J connectivity index is 1.35. The van der Waals surface area contributed by atoms with Gasteiger partial charge in [0.1, 0.15) is 17.2 Å². The SMILES string of the molecule is CC(C)c1nc2ccn(Cc3cccc(-c4cccc(S(=O)(=O)NC(C)(C)C)c4)c3)c(=O)c2n1Cc1ccc2ccc(C(=N)N)cc2c1. The van der Waals surface area contributed by atoms with Crippen molar-refractivity contribution >= 4 is 37.7 Å². The molecule has 4 N–H and O–H groups in total. The molecule has 246 valence electrons. The van der Waals surface area contributed by atoms with Crippen LogP contribution in [0.25, 0.3) is 32.9 Å². The number of nitrogens with two attached hydrogens (primary N) is 1. The zero-order valence-electron chi connectivity index (χ0n) is 27.8. The highest BCUT2D eigenvalue weighted by Crippen LogP contribution is 2.26. The lowest BCUT2D eigenvalue weighted by Gasteiger charge is -2.20. The van der Waals surface area contributed by atoms with Crippen molar-refractivity contribution in [1.29, 1.82) is 5.41 Å². The molecule has 0 aliphatic carbocycles. The summed E-state index contributed by atoms with van der Waals surface area (Å²) in [5, 5.41) is 9.85. The number of nitrogens with zero attached hydrogens (tertiary/aromatic N) is 3. The third-order valence-corrected chi connectivity index (χ3v) is 9.93. The average Bonchev–Trinajstić information content (AvgIpc) is 3.40. The van der Waals surface area contributed by atoms with Crippen molar-refractivity contribution in [2.45, 2.75) is 64.1 Å². The standard InChI is InChI=1S/C38H40N6O3S/c1-24(2)36-41-33-16-17-43(37(45)34(33)44(36)23-26-12-13-27-14-15-30(35(39)40)20-31(27)19-26)22-25-8-6-9-28(18-25)29-10-7-11-32(21-29)48(46,47)42-38(3,4)5/h6-21,24,42H,22-23H2,1-5H3,(H3,39,40). The summed E-state index contributed by atoms with van der Waals surface area (Å²) in [6.45, 7) is 10.4. The van der Waals surface area contributed by atoms with Crippen LogP contribution < -0.4 is 16.0 Å². The van der Waals surface area contributed by atoms with Crippen LogP contribution in [0.1, 0.15) is 63.1 Å². The van der Waals surface area contributed by atoms with E-state index in [1.807, 2.05) is 86.0 Å². The minimum absolute atomic E-state index is 0.0194. The van der Waals surface area contributed by atoms with Crippen LogP contribution >= 0.6 is 0 Å². The predicted molar refractivity (Wildman–Crippen MR) is 193 cm³/mol. The Bertz CT molecular complexity index is 2360. The minimum Gasteiger partial charge on any atom is -0.384 e. The molecule has 0 amide bonds. The molecule has 0 spiro atoms. The van der Waals surface area contributed by atoms with Gasteiger partial charge in [-0.05, 0) is 90.2 Å². The summed E-state index contributed by atoms with van der Waals surface area (Å²) in [4.78, 5) is 19.2. The molecule has 0 atom stereocenters. The summed E-state index contributed by atoms with van der Waals surface area (Å²) in [6, 6.07) is 28.5. The molecule has 0 aliphatic heterocycles. The molecular formula is C38H40N6O3S. The maximum absolute atomic E-state index is 14.1. The fourth-order valence-electron chi connectivity index (χ4n) is 6.02. The van der Waals surface area contributed by atoms with Crippen LogP contribution in [0.2, 0.25) is 0 Å². The first-order valence-corrected chi connectivity index (χ1v) is 17.4. The number of hydrogen-bond acceptors (Lipinski definition) is 5. The van der Waals surface area contributed by atoms with Gasteiger partial charge in [0.25, 0.3) is 5.56 Å². The van der Waals surface area contributed by atoms with E-state index in [2.05, 4.69) is 30.7 Å². The topological polar surface area (TPSA) is 136 Å². The fraction of sp³-hybridized carbons (Fsp3) is 0.237. The smallest absolute Gasteiger partial charge is 0.277 e. The summed E-state index contributed by atoms with van der Waals surface area (Å²) in [5.41, 5.74) is 10.4. The Hall–Kier alpha value is -5.06. The molecule has 0 fully saturated rings. The minimum atomic E-state index is -3.70. The van der Waals surface area contributed by atoms with Crippen LogP contribution in [0, 0.1) is 5.41 Å². The Morgan fingerprint density at radius 1 is 0.875 bits per heavy atom. The molecule has 4 aromatic carbocycles. The first kappa shape index (κ1) is 32.9. The van der Waals surface area contributed by atoms with Gasteiger partial charge in [0.05, 0.1) is 17.0 Å². The molecule has 48 heavy (non-hydrogen) atoms. The maximum atomic E-state index is 14.1. The highest BCUT2D eigenvalue weighted by molar-refractivity contribution is 7.89. The molecule has 6 aromatic rings. The monoisotopic (exact) mass is 660 g/mol. The van der Waals surface area contributed by atoms with Gasteiger partial charge in [0.2, 0.25) is 10.0 Å². The van der Waals surface area contributed by atoms with Crippen molar-refractivity contribution in [3.8, 4) is 11.1 Å². The Morgan fingerprint density at radius 3 is 2.27 bits per heavy atom. The van der Waals surface area contributed by atoms with Gasteiger partial charge >= 0.3 is 0 Å². The van der Waals surface area contributed by atoms with Crippen LogP contribution in [0.5, 0.6) is 0 Å². The summed E-state index contributed by atoms with van der Waals surface area (Å²) in [5.74, 6) is 0.936. The van der Waals surface area contributed by atoms with E-state index in [4.69, 9.17) is 16.1 Å². The normalized spacial score (nSPS) is 12.3. The molecule has 0 aliphatic rings. The van der Waals surface area contributed by atoms with Gasteiger partial charge in [0, 0.05) is 29.8 Å². The van der Waals surface area contributed by atoms with E-state index in [9.17, 15) is 13.2 Å². The zero-order valence-corrected chi connectivity index (χ0v) is 28.6. The summed E-state index contributed by atoms with van der Waals surface area (Å²) in [7, 11) is -3.70. The van der Waals surface area contributed by atoms with E-state index in [1.54, 1.807) is 29.0 Å². The Morgan fingerprint density at radius 2 is 1.56 bits per heavy atom. The summed E-state index contributed by atoms with van der Waals surface area (Å²) in [6.07, 6.45) is 1.78. The van der Waals surface area contributed by atoms with Crippen molar-refractivity contribution in [3.05, 3.63) is 130 Å². The first-order chi connectivity index (χ1) is 22.7. The Kier molecular flexibility index (Phi) is 8.57. The van der Waals surface area contributed by atoms with Gasteiger partial charge in [-0.1, -0.05) is 68.4 Å². The number of nitrogen functional groups attached to an aromatic ring is 1. The van der Waals surface area contributed by atoms with Crippen molar-refractivity contribution in [2.75, 3.05) is 0 Å². The van der Waals surface area contributed by atoms with Crippen molar-refractivity contribution in [2.24, 2.45) is 5.73 Å². The average molecular weight is 661 g/mol. The van der Waals surface area contributed by atoms with E-state index in [0.717, 1.165) is 38.9 Å². The summed E-state index contributed by atoms with van der Waals surface area (Å²) >= 11 is 0. The highest BCUT2D eigenvalue weighted by atomic mass is 32.2. The van der Waals surface area contributed by atoms with Crippen LogP contribution in [-0.4, -0.2) is 33.9 Å². The molecule has 9 nitrogen and oxygen atoms in total. The van der Waals surface area contributed by atoms with Crippen LogP contribution in [0.15, 0.2) is 107 Å². The largest absolute Gasteiger partial charge is 0.384 e. The molecular weight excluding hydrogens is 621 g/mol. The number of amidine groups is 1. The van der Waals surface area contributed by atoms with Crippen molar-refractivity contribution in [3.63, 3.8) is 0 Å². The molecule has 0 bridgehead atoms. The molecule has 6 rings (SSSR count). The predicted octanol–water partition coefficient (Wildman–Crippen LogP) is 6.60. The Labute approximate surface area is 280 Å². The lowest BCUT2D eigenvalue weighted by atomic mass is 10.0. The number of hydrogen-bond donors (Lipinski definition) is 3. The zero-order chi connectivity index (χ0) is 34.4. The van der Waals surface area contributed by atoms with E-state index in [-0.39, 0.29) is 22.2 Å². The number of fused-ring (bicyclic) bond motifs is 2. The molecule has 0 radical (unpaired) electrons. The van der Waals surface area contributed by atoms with Crippen molar-refractivity contribution in [1.82, 2.24) is 18.8 Å². The second-order valence-corrected chi connectivity index (χ2v) is 15.3. The first-order valence-electron chi connectivity index (χ1n) is 15.9. The van der Waals surface area contributed by atoms with Gasteiger partial charge < -0.3 is 14.9 Å². The highest BCUT2D eigenvalue weighted by Gasteiger charge is 2.22. The second-order valence-electron chi connectivity index (χ2n) is 13.6. The molecule has 2 aromatic heterocycles. The number of benzene rings is 4. The molecule has 10 heteroatoms. The third kappa shape index (κ3) is 6.81. The number of aromatic nitrogens is 3. The number of nitrogens with one attached hydrogen (secondary N) is 2. The molecule has 0 unspecified atom stereocenters. The van der Waals surface area contributed by atoms with Gasteiger partial charge in [-0.3, -0.25) is 10.2 Å². The molecule has 2 heterocycles. The van der Waals surface area contributed by atoms with E-state index >= 15 is 0 Å². The van der Waals surface area contributed by atoms with Crippen LogP contribution in [0.4, 0.5) is 0 Å². The lowest BCUT2D eigenvalue weighted by molar-refractivity contribution is 0.491. The number of imidazole rings is 1. The molecule has 0 saturated heterocycles. The van der Waals surface area contributed by atoms with Crippen LogP contribution in [0.3, 0.4) is 0 Å². The van der Waals surface area contributed by atoms with Gasteiger partial charge in [-0.2, -0.15) is 0 Å². The third-order valence-electron chi connectivity index (χ3n) is 8.17. The van der Waals surface area contributed by atoms with Crippen molar-refractivity contribution < 1.29 is 8.42 Å². The quantitative estimate of drug-likeness (QED) is 0.119. The number of pyridine rings is 1. The van der Waals surface area contributed by atoms with E-state index in [1.165, 1.54) is 0 Å².